The van der Waals surface area contributed by atoms with Crippen LogP contribution in [-0.2, 0) is 0 Å². The summed E-state index contributed by atoms with van der Waals surface area (Å²) in [6, 6.07) is 0.492. The van der Waals surface area contributed by atoms with Gasteiger partial charge in [0.2, 0.25) is 0 Å². The largest absolute Gasteiger partial charge is 0.393 e. The van der Waals surface area contributed by atoms with Gasteiger partial charge in [-0.3, -0.25) is 0 Å². The molecule has 0 aromatic carbocycles. The molecule has 1 rings (SSSR count). The van der Waals surface area contributed by atoms with Crippen molar-refractivity contribution in [1.82, 2.24) is 5.32 Å². The average Bonchev–Trinajstić information content (AvgIpc) is 2.20. The minimum atomic E-state index is -0.986. The summed E-state index contributed by atoms with van der Waals surface area (Å²) < 4.78 is 0. The van der Waals surface area contributed by atoms with Gasteiger partial charge in [0.15, 0.2) is 0 Å². The summed E-state index contributed by atoms with van der Waals surface area (Å²) >= 11 is 0. The highest BCUT2D eigenvalue weighted by Gasteiger charge is 2.28. The van der Waals surface area contributed by atoms with Crippen molar-refractivity contribution in [1.29, 1.82) is 0 Å². The third kappa shape index (κ3) is 3.74. The van der Waals surface area contributed by atoms with E-state index in [2.05, 4.69) is 19.2 Å². The summed E-state index contributed by atoms with van der Waals surface area (Å²) in [5.41, 5.74) is -0.986. The Hall–Kier alpha value is -0.120. The number of hydrogen-bond acceptors (Lipinski definition) is 3. The van der Waals surface area contributed by atoms with Crippen molar-refractivity contribution >= 4 is 0 Å². The first-order chi connectivity index (χ1) is 6.96. The van der Waals surface area contributed by atoms with Gasteiger partial charge in [-0.25, -0.2) is 0 Å². The Kier molecular flexibility index (Phi) is 4.56. The average molecular weight is 215 g/mol. The third-order valence-corrected chi connectivity index (χ3v) is 3.79. The molecule has 90 valence electrons. The van der Waals surface area contributed by atoms with Crippen molar-refractivity contribution in [2.75, 3.05) is 13.2 Å². The first kappa shape index (κ1) is 12.9. The van der Waals surface area contributed by atoms with E-state index in [4.69, 9.17) is 5.11 Å². The van der Waals surface area contributed by atoms with E-state index in [1.165, 1.54) is 19.3 Å². The fourth-order valence-electron chi connectivity index (χ4n) is 2.28. The molecule has 0 bridgehead atoms. The van der Waals surface area contributed by atoms with E-state index in [-0.39, 0.29) is 6.61 Å². The van der Waals surface area contributed by atoms with E-state index in [9.17, 15) is 5.11 Å². The second-order valence-corrected chi connectivity index (χ2v) is 5.41. The molecule has 0 heterocycles. The zero-order valence-corrected chi connectivity index (χ0v) is 10.2. The Bertz CT molecular complexity index is 194. The van der Waals surface area contributed by atoms with E-state index in [1.807, 2.05) is 0 Å². The lowest BCUT2D eigenvalue weighted by Gasteiger charge is -2.36. The minimum absolute atomic E-state index is 0.184. The van der Waals surface area contributed by atoms with Crippen LogP contribution in [0.15, 0.2) is 0 Å². The Morgan fingerprint density at radius 1 is 1.33 bits per heavy atom. The Morgan fingerprint density at radius 2 is 2.00 bits per heavy atom. The topological polar surface area (TPSA) is 52.5 Å². The summed E-state index contributed by atoms with van der Waals surface area (Å²) in [6.45, 7) is 6.52. The Morgan fingerprint density at radius 3 is 2.60 bits per heavy atom. The molecule has 0 amide bonds. The molecule has 0 aliphatic heterocycles. The van der Waals surface area contributed by atoms with Crippen molar-refractivity contribution in [3.8, 4) is 0 Å². The van der Waals surface area contributed by atoms with Crippen LogP contribution in [0, 0.1) is 11.8 Å². The van der Waals surface area contributed by atoms with Crippen LogP contribution in [0.2, 0.25) is 0 Å². The molecular weight excluding hydrogens is 190 g/mol. The van der Waals surface area contributed by atoms with Crippen LogP contribution in [0.1, 0.15) is 40.0 Å². The van der Waals surface area contributed by atoms with Crippen molar-refractivity contribution < 1.29 is 10.2 Å². The molecule has 3 N–H and O–H groups in total. The van der Waals surface area contributed by atoms with E-state index >= 15 is 0 Å². The van der Waals surface area contributed by atoms with Gasteiger partial charge >= 0.3 is 0 Å². The van der Waals surface area contributed by atoms with Gasteiger partial charge in [-0.2, -0.15) is 0 Å². The smallest absolute Gasteiger partial charge is 0.0972 e. The molecule has 3 nitrogen and oxygen atoms in total. The van der Waals surface area contributed by atoms with Crippen molar-refractivity contribution in [2.24, 2.45) is 11.8 Å². The van der Waals surface area contributed by atoms with Crippen LogP contribution in [0.25, 0.3) is 0 Å². The molecule has 0 radical (unpaired) electrons. The van der Waals surface area contributed by atoms with E-state index < -0.39 is 5.60 Å². The maximum atomic E-state index is 9.69. The highest BCUT2D eigenvalue weighted by atomic mass is 16.3. The Labute approximate surface area is 92.9 Å². The van der Waals surface area contributed by atoms with Crippen LogP contribution < -0.4 is 5.32 Å². The number of hydrogen-bond donors (Lipinski definition) is 3. The number of rotatable bonds is 4. The summed E-state index contributed by atoms with van der Waals surface area (Å²) in [5.74, 6) is 1.42. The molecule has 4 unspecified atom stereocenters. The van der Waals surface area contributed by atoms with Gasteiger partial charge in [-0.05, 0) is 25.2 Å². The summed E-state index contributed by atoms with van der Waals surface area (Å²) in [5, 5.41) is 22.0. The van der Waals surface area contributed by atoms with Crippen molar-refractivity contribution in [3.05, 3.63) is 0 Å². The monoisotopic (exact) mass is 215 g/mol. The van der Waals surface area contributed by atoms with Crippen LogP contribution in [0.5, 0.6) is 0 Å². The summed E-state index contributed by atoms with van der Waals surface area (Å²) in [7, 11) is 0. The summed E-state index contributed by atoms with van der Waals surface area (Å²) in [6.07, 6.45) is 3.77. The molecule has 1 saturated carbocycles. The first-order valence-electron chi connectivity index (χ1n) is 6.03. The van der Waals surface area contributed by atoms with E-state index in [0.29, 0.717) is 18.5 Å². The van der Waals surface area contributed by atoms with Crippen molar-refractivity contribution in [3.63, 3.8) is 0 Å². The van der Waals surface area contributed by atoms with E-state index in [0.717, 1.165) is 5.92 Å². The SMILES string of the molecule is CC1CCCC(NCC(C)(O)CO)C1C. The lowest BCUT2D eigenvalue weighted by molar-refractivity contribution is -0.00270. The van der Waals surface area contributed by atoms with Crippen LogP contribution >= 0.6 is 0 Å². The highest BCUT2D eigenvalue weighted by Crippen LogP contribution is 2.29. The van der Waals surface area contributed by atoms with Gasteiger partial charge in [-0.15, -0.1) is 0 Å². The zero-order valence-electron chi connectivity index (χ0n) is 10.2. The van der Waals surface area contributed by atoms with Crippen molar-refractivity contribution in [2.45, 2.75) is 51.7 Å². The zero-order chi connectivity index (χ0) is 11.5. The number of aliphatic hydroxyl groups is 2. The lowest BCUT2D eigenvalue weighted by Crippen LogP contribution is -2.48. The second-order valence-electron chi connectivity index (χ2n) is 5.41. The third-order valence-electron chi connectivity index (χ3n) is 3.79. The lowest BCUT2D eigenvalue weighted by atomic mass is 9.78. The van der Waals surface area contributed by atoms with Gasteiger partial charge in [-0.1, -0.05) is 26.7 Å². The number of aliphatic hydroxyl groups excluding tert-OH is 1. The van der Waals surface area contributed by atoms with Gasteiger partial charge in [0.1, 0.15) is 0 Å². The molecule has 0 spiro atoms. The fraction of sp³-hybridized carbons (Fsp3) is 1.00. The van der Waals surface area contributed by atoms with E-state index in [1.54, 1.807) is 6.92 Å². The molecule has 1 aliphatic carbocycles. The summed E-state index contributed by atoms with van der Waals surface area (Å²) in [4.78, 5) is 0. The predicted molar refractivity (Wildman–Crippen MR) is 61.7 cm³/mol. The fourth-order valence-corrected chi connectivity index (χ4v) is 2.28. The Balaban J connectivity index is 2.37. The number of nitrogens with one attached hydrogen (secondary N) is 1. The molecule has 0 aromatic rings. The molecular formula is C12H25NO2. The van der Waals surface area contributed by atoms with Crippen LogP contribution in [0.3, 0.4) is 0 Å². The maximum Gasteiger partial charge on any atom is 0.0972 e. The molecule has 0 saturated heterocycles. The molecule has 4 atom stereocenters. The van der Waals surface area contributed by atoms with Gasteiger partial charge in [0.05, 0.1) is 12.2 Å². The quantitative estimate of drug-likeness (QED) is 0.659. The first-order valence-corrected chi connectivity index (χ1v) is 6.03. The van der Waals surface area contributed by atoms with Crippen LogP contribution in [-0.4, -0.2) is 35.0 Å². The van der Waals surface area contributed by atoms with Gasteiger partial charge < -0.3 is 15.5 Å². The van der Waals surface area contributed by atoms with Gasteiger partial charge in [0, 0.05) is 12.6 Å². The molecule has 1 aliphatic rings. The van der Waals surface area contributed by atoms with Gasteiger partial charge in [0.25, 0.3) is 0 Å². The predicted octanol–water partition coefficient (Wildman–Crippen LogP) is 1.14. The normalized spacial score (nSPS) is 36.2. The highest BCUT2D eigenvalue weighted by molar-refractivity contribution is 4.85. The van der Waals surface area contributed by atoms with Crippen LogP contribution in [0.4, 0.5) is 0 Å². The standard InChI is InChI=1S/C12H25NO2/c1-9-5-4-6-11(10(9)2)13-7-12(3,15)8-14/h9-11,13-15H,4-8H2,1-3H3. The molecule has 3 heteroatoms. The molecule has 15 heavy (non-hydrogen) atoms. The minimum Gasteiger partial charge on any atom is -0.393 e. The second kappa shape index (κ2) is 5.28. The molecule has 0 aromatic heterocycles. The maximum absolute atomic E-state index is 9.69. The molecule has 1 fully saturated rings.